The number of esters is 2. The molecule has 1 aromatic rings. The second-order valence-corrected chi connectivity index (χ2v) is 7.44. The van der Waals surface area contributed by atoms with Crippen LogP contribution in [0.15, 0.2) is 18.2 Å². The fourth-order valence-corrected chi connectivity index (χ4v) is 2.90. The molecule has 0 aliphatic heterocycles. The second-order valence-electron chi connectivity index (χ2n) is 6.60. The molecule has 0 bridgehead atoms. The lowest BCUT2D eigenvalue weighted by atomic mass is 10.1. The van der Waals surface area contributed by atoms with Crippen molar-refractivity contribution in [2.75, 3.05) is 6.61 Å². The van der Waals surface area contributed by atoms with E-state index in [0.29, 0.717) is 35.2 Å². The van der Waals surface area contributed by atoms with Crippen LogP contribution in [0.4, 0.5) is 0 Å². The maximum absolute atomic E-state index is 11.8. The van der Waals surface area contributed by atoms with Crippen LogP contribution in [0.25, 0.3) is 0 Å². The van der Waals surface area contributed by atoms with E-state index in [0.717, 1.165) is 57.8 Å². The molecule has 0 saturated carbocycles. The number of hydrogen-bond acceptors (Lipinski definition) is 4. The number of carbonyl (C=O) groups excluding carboxylic acids is 2. The van der Waals surface area contributed by atoms with E-state index in [1.165, 1.54) is 6.07 Å². The first-order chi connectivity index (χ1) is 13.0. The normalized spacial score (nSPS) is 10.6. The fraction of sp³-hybridized carbons (Fsp3) is 0.619. The van der Waals surface area contributed by atoms with Gasteiger partial charge in [0.2, 0.25) is 0 Å². The molecule has 0 spiro atoms. The summed E-state index contributed by atoms with van der Waals surface area (Å²) in [5.41, 5.74) is 0. The van der Waals surface area contributed by atoms with Crippen LogP contribution in [0.5, 0.6) is 5.75 Å². The molecule has 0 amide bonds. The molecule has 1 aromatic carbocycles. The average Bonchev–Trinajstić information content (AvgIpc) is 2.64. The van der Waals surface area contributed by atoms with Crippen LogP contribution in [0.2, 0.25) is 10.0 Å². The van der Waals surface area contributed by atoms with E-state index in [-0.39, 0.29) is 11.9 Å². The molecule has 0 saturated heterocycles. The largest absolute Gasteiger partial charge is 0.466 e. The molecule has 0 aliphatic rings. The number of halogens is 2. The Balaban J connectivity index is 1.98. The molecule has 0 radical (unpaired) electrons. The van der Waals surface area contributed by atoms with E-state index >= 15 is 0 Å². The highest BCUT2D eigenvalue weighted by molar-refractivity contribution is 6.34. The zero-order valence-corrected chi connectivity index (χ0v) is 17.6. The minimum atomic E-state index is -0.301. The van der Waals surface area contributed by atoms with Crippen molar-refractivity contribution in [2.24, 2.45) is 0 Å². The summed E-state index contributed by atoms with van der Waals surface area (Å²) < 4.78 is 10.4. The standard InChI is InChI=1S/C21H30Cl2O4/c1-2-3-10-15-26-20(24)11-8-6-4-5-7-9-12-21(25)27-19-16-17(22)13-14-18(19)23/h13-14,16H,2-12,15H2,1H3. The molecule has 0 unspecified atom stereocenters. The Morgan fingerprint density at radius 1 is 0.852 bits per heavy atom. The number of hydrogen-bond donors (Lipinski definition) is 0. The first-order valence-corrected chi connectivity index (χ1v) is 10.6. The van der Waals surface area contributed by atoms with Crippen molar-refractivity contribution in [3.63, 3.8) is 0 Å². The zero-order chi connectivity index (χ0) is 19.9. The zero-order valence-electron chi connectivity index (χ0n) is 16.1. The van der Waals surface area contributed by atoms with Crippen LogP contribution in [0.1, 0.15) is 77.6 Å². The summed E-state index contributed by atoms with van der Waals surface area (Å²) in [7, 11) is 0. The van der Waals surface area contributed by atoms with Crippen molar-refractivity contribution < 1.29 is 19.1 Å². The van der Waals surface area contributed by atoms with Gasteiger partial charge in [-0.2, -0.15) is 0 Å². The highest BCUT2D eigenvalue weighted by Gasteiger charge is 2.09. The van der Waals surface area contributed by atoms with Gasteiger partial charge in [0.1, 0.15) is 0 Å². The van der Waals surface area contributed by atoms with Gasteiger partial charge in [-0.05, 0) is 31.4 Å². The minimum Gasteiger partial charge on any atom is -0.466 e. The molecular formula is C21H30Cl2O4. The highest BCUT2D eigenvalue weighted by atomic mass is 35.5. The monoisotopic (exact) mass is 416 g/mol. The lowest BCUT2D eigenvalue weighted by molar-refractivity contribution is -0.144. The van der Waals surface area contributed by atoms with Crippen molar-refractivity contribution in [1.82, 2.24) is 0 Å². The number of rotatable bonds is 14. The Morgan fingerprint density at radius 3 is 2.15 bits per heavy atom. The first-order valence-electron chi connectivity index (χ1n) is 9.84. The summed E-state index contributed by atoms with van der Waals surface area (Å²) in [5, 5.41) is 0.851. The van der Waals surface area contributed by atoms with E-state index < -0.39 is 0 Å². The number of unbranched alkanes of at least 4 members (excludes halogenated alkanes) is 7. The topological polar surface area (TPSA) is 52.6 Å². The predicted molar refractivity (Wildman–Crippen MR) is 110 cm³/mol. The Kier molecular flexibility index (Phi) is 13.0. The van der Waals surface area contributed by atoms with Crippen LogP contribution in [0.3, 0.4) is 0 Å². The first kappa shape index (κ1) is 23.8. The van der Waals surface area contributed by atoms with E-state index in [1.54, 1.807) is 12.1 Å². The number of benzene rings is 1. The van der Waals surface area contributed by atoms with Crippen LogP contribution in [-0.2, 0) is 14.3 Å². The Bertz CT molecular complexity index is 575. The van der Waals surface area contributed by atoms with Crippen LogP contribution in [-0.4, -0.2) is 18.5 Å². The van der Waals surface area contributed by atoms with Crippen LogP contribution >= 0.6 is 23.2 Å². The smallest absolute Gasteiger partial charge is 0.311 e. The summed E-state index contributed by atoms with van der Waals surface area (Å²) in [4.78, 5) is 23.4. The molecule has 152 valence electrons. The van der Waals surface area contributed by atoms with Gasteiger partial charge in [0, 0.05) is 23.9 Å². The van der Waals surface area contributed by atoms with Crippen molar-refractivity contribution in [1.29, 1.82) is 0 Å². The fourth-order valence-electron chi connectivity index (χ4n) is 2.59. The molecule has 0 aromatic heterocycles. The quantitative estimate of drug-likeness (QED) is 0.191. The van der Waals surface area contributed by atoms with Crippen molar-refractivity contribution in [2.45, 2.75) is 77.6 Å². The van der Waals surface area contributed by atoms with Gasteiger partial charge in [-0.3, -0.25) is 9.59 Å². The van der Waals surface area contributed by atoms with Gasteiger partial charge in [-0.1, -0.05) is 68.7 Å². The molecule has 27 heavy (non-hydrogen) atoms. The summed E-state index contributed by atoms with van der Waals surface area (Å²) in [6.45, 7) is 2.67. The SMILES string of the molecule is CCCCCOC(=O)CCCCCCCCC(=O)Oc1cc(Cl)ccc1Cl. The van der Waals surface area contributed by atoms with Gasteiger partial charge in [0.15, 0.2) is 5.75 Å². The van der Waals surface area contributed by atoms with E-state index in [2.05, 4.69) is 6.92 Å². The van der Waals surface area contributed by atoms with Gasteiger partial charge in [0.05, 0.1) is 11.6 Å². The molecule has 0 heterocycles. The van der Waals surface area contributed by atoms with Gasteiger partial charge in [-0.25, -0.2) is 0 Å². The average molecular weight is 417 g/mol. The van der Waals surface area contributed by atoms with Crippen molar-refractivity contribution >= 4 is 35.1 Å². The molecule has 1 rings (SSSR count). The maximum atomic E-state index is 11.8. The Labute approximate surface area is 172 Å². The molecule has 4 nitrogen and oxygen atoms in total. The third kappa shape index (κ3) is 11.9. The summed E-state index contributed by atoms with van der Waals surface area (Å²) in [6.07, 6.45) is 9.73. The number of carbonyl (C=O) groups is 2. The minimum absolute atomic E-state index is 0.0893. The molecule has 0 aliphatic carbocycles. The van der Waals surface area contributed by atoms with Crippen LogP contribution in [0, 0.1) is 0 Å². The molecule has 6 heteroatoms. The highest BCUT2D eigenvalue weighted by Crippen LogP contribution is 2.28. The summed E-state index contributed by atoms with van der Waals surface area (Å²) >= 11 is 11.8. The van der Waals surface area contributed by atoms with E-state index in [1.807, 2.05) is 0 Å². The molecule has 0 fully saturated rings. The van der Waals surface area contributed by atoms with Crippen molar-refractivity contribution in [3.8, 4) is 5.75 Å². The molecule has 0 N–H and O–H groups in total. The van der Waals surface area contributed by atoms with E-state index in [4.69, 9.17) is 32.7 Å². The lowest BCUT2D eigenvalue weighted by Crippen LogP contribution is -2.07. The molecule has 0 atom stereocenters. The van der Waals surface area contributed by atoms with Crippen LogP contribution < -0.4 is 4.74 Å². The third-order valence-corrected chi connectivity index (χ3v) is 4.69. The van der Waals surface area contributed by atoms with Gasteiger partial charge in [0.25, 0.3) is 0 Å². The second kappa shape index (κ2) is 14.8. The summed E-state index contributed by atoms with van der Waals surface area (Å²) in [5.74, 6) is -0.0887. The summed E-state index contributed by atoms with van der Waals surface area (Å²) in [6, 6.07) is 4.79. The number of ether oxygens (including phenoxy) is 2. The van der Waals surface area contributed by atoms with Crippen molar-refractivity contribution in [3.05, 3.63) is 28.2 Å². The third-order valence-electron chi connectivity index (χ3n) is 4.14. The maximum Gasteiger partial charge on any atom is 0.311 e. The van der Waals surface area contributed by atoms with E-state index in [9.17, 15) is 9.59 Å². The molecular weight excluding hydrogens is 387 g/mol. The Morgan fingerprint density at radius 2 is 1.48 bits per heavy atom. The van der Waals surface area contributed by atoms with Gasteiger partial charge >= 0.3 is 11.9 Å². The lowest BCUT2D eigenvalue weighted by Gasteiger charge is -2.07. The van der Waals surface area contributed by atoms with Gasteiger partial charge < -0.3 is 9.47 Å². The predicted octanol–water partition coefficient (Wildman–Crippen LogP) is 6.75. The Hall–Kier alpha value is -1.26. The van der Waals surface area contributed by atoms with Gasteiger partial charge in [-0.15, -0.1) is 0 Å².